The number of anilines is 4. The quantitative estimate of drug-likeness (QED) is 0.587. The molecule has 0 unspecified atom stereocenters. The number of amides is 1. The number of hydrogen-bond acceptors (Lipinski definition) is 6. The van der Waals surface area contributed by atoms with Crippen LogP contribution in [0, 0.1) is 0 Å². The first-order chi connectivity index (χ1) is 16.2. The van der Waals surface area contributed by atoms with Crippen LogP contribution in [-0.2, 0) is 9.53 Å². The number of carbonyl (C=O) groups excluding carboxylic acids is 1. The summed E-state index contributed by atoms with van der Waals surface area (Å²) in [5.41, 5.74) is 5.39. The van der Waals surface area contributed by atoms with Gasteiger partial charge in [-0.05, 0) is 48.9 Å². The second-order valence-corrected chi connectivity index (χ2v) is 7.89. The van der Waals surface area contributed by atoms with Gasteiger partial charge in [-0.3, -0.25) is 4.79 Å². The highest BCUT2D eigenvalue weighted by Crippen LogP contribution is 2.24. The van der Waals surface area contributed by atoms with Crippen LogP contribution < -0.4 is 15.5 Å². The number of nitrogens with one attached hydrogen (secondary N) is 2. The molecule has 1 fully saturated rings. The summed E-state index contributed by atoms with van der Waals surface area (Å²) in [7, 11) is 0. The van der Waals surface area contributed by atoms with Crippen molar-refractivity contribution in [1.29, 1.82) is 0 Å². The lowest BCUT2D eigenvalue weighted by Gasteiger charge is -2.28. The van der Waals surface area contributed by atoms with Crippen LogP contribution in [0.2, 0.25) is 0 Å². The van der Waals surface area contributed by atoms with Crippen LogP contribution in [0.4, 0.5) is 23.0 Å². The number of carbonyl (C=O) groups is 1. The van der Waals surface area contributed by atoms with E-state index in [2.05, 4.69) is 37.6 Å². The number of hydrogen-bond donors (Lipinski definition) is 2. The maximum Gasteiger partial charge on any atom is 0.251 e. The maximum absolute atomic E-state index is 12.2. The van der Waals surface area contributed by atoms with Gasteiger partial charge >= 0.3 is 0 Å². The van der Waals surface area contributed by atoms with Gasteiger partial charge in [0.15, 0.2) is 0 Å². The first kappa shape index (κ1) is 20.9. The van der Waals surface area contributed by atoms with Crippen molar-refractivity contribution in [3.8, 4) is 11.3 Å². The van der Waals surface area contributed by atoms with Crippen LogP contribution in [0.5, 0.6) is 0 Å². The van der Waals surface area contributed by atoms with E-state index >= 15 is 0 Å². The van der Waals surface area contributed by atoms with Crippen molar-refractivity contribution < 1.29 is 9.53 Å². The predicted molar refractivity (Wildman–Crippen MR) is 131 cm³/mol. The molecule has 0 spiro atoms. The van der Waals surface area contributed by atoms with E-state index in [1.54, 1.807) is 6.20 Å². The zero-order valence-corrected chi connectivity index (χ0v) is 18.2. The van der Waals surface area contributed by atoms with Gasteiger partial charge in [-0.1, -0.05) is 30.4 Å². The second kappa shape index (κ2) is 9.67. The molecule has 1 aliphatic carbocycles. The van der Waals surface area contributed by atoms with Gasteiger partial charge in [0.05, 0.1) is 18.9 Å². The monoisotopic (exact) mass is 439 g/mol. The molecule has 2 aliphatic rings. The van der Waals surface area contributed by atoms with Crippen LogP contribution >= 0.6 is 0 Å². The van der Waals surface area contributed by atoms with E-state index in [0.717, 1.165) is 54.5 Å². The third kappa shape index (κ3) is 5.10. The van der Waals surface area contributed by atoms with Crippen molar-refractivity contribution in [1.82, 2.24) is 9.97 Å². The lowest BCUT2D eigenvalue weighted by Crippen LogP contribution is -2.36. The molecule has 1 saturated heterocycles. The van der Waals surface area contributed by atoms with Crippen LogP contribution in [0.1, 0.15) is 6.42 Å². The van der Waals surface area contributed by atoms with Gasteiger partial charge in [-0.25, -0.2) is 9.97 Å². The average Bonchev–Trinajstić information content (AvgIpc) is 3.41. The van der Waals surface area contributed by atoms with E-state index < -0.39 is 0 Å². The first-order valence-corrected chi connectivity index (χ1v) is 11.0. The highest BCUT2D eigenvalue weighted by Gasteiger charge is 2.12. The number of allylic oxidation sites excluding steroid dienone is 3. The largest absolute Gasteiger partial charge is 0.378 e. The Balaban J connectivity index is 1.24. The van der Waals surface area contributed by atoms with E-state index in [9.17, 15) is 4.79 Å². The molecule has 2 N–H and O–H groups in total. The van der Waals surface area contributed by atoms with Crippen molar-refractivity contribution in [2.24, 2.45) is 0 Å². The third-order valence-electron chi connectivity index (χ3n) is 5.66. The number of aromatic nitrogens is 2. The number of benzene rings is 2. The minimum atomic E-state index is -0.0686. The van der Waals surface area contributed by atoms with Crippen molar-refractivity contribution in [3.63, 3.8) is 0 Å². The first-order valence-electron chi connectivity index (χ1n) is 11.0. The Labute approximate surface area is 192 Å². The SMILES string of the molecule is O=C(Nc1ccc(-c2ccnc(Nc3ccc(N4CCOCC4)cc3)n2)cc1)C1=CC=CC1. The summed E-state index contributed by atoms with van der Waals surface area (Å²) in [5, 5.41) is 6.21. The Bertz CT molecular complexity index is 1180. The highest BCUT2D eigenvalue weighted by atomic mass is 16.5. The maximum atomic E-state index is 12.2. The second-order valence-electron chi connectivity index (χ2n) is 7.89. The van der Waals surface area contributed by atoms with Gasteiger partial charge in [0, 0.05) is 47.5 Å². The summed E-state index contributed by atoms with van der Waals surface area (Å²) in [6.07, 6.45) is 8.13. The minimum absolute atomic E-state index is 0.0686. The van der Waals surface area contributed by atoms with Crippen molar-refractivity contribution in [2.45, 2.75) is 6.42 Å². The molecule has 7 nitrogen and oxygen atoms in total. The fourth-order valence-electron chi connectivity index (χ4n) is 3.84. The lowest BCUT2D eigenvalue weighted by atomic mass is 10.1. The summed E-state index contributed by atoms with van der Waals surface area (Å²) < 4.78 is 5.42. The minimum Gasteiger partial charge on any atom is -0.378 e. The predicted octanol–water partition coefficient (Wildman–Crippen LogP) is 4.55. The number of rotatable bonds is 6. The molecule has 0 saturated carbocycles. The normalized spacial score (nSPS) is 15.3. The molecule has 0 atom stereocenters. The van der Waals surface area contributed by atoms with Gasteiger partial charge in [-0.2, -0.15) is 0 Å². The van der Waals surface area contributed by atoms with Crippen molar-refractivity contribution >= 4 is 28.9 Å². The van der Waals surface area contributed by atoms with Crippen LogP contribution in [0.15, 0.2) is 84.6 Å². The molecular weight excluding hydrogens is 414 g/mol. The average molecular weight is 440 g/mol. The zero-order valence-electron chi connectivity index (χ0n) is 18.2. The van der Waals surface area contributed by atoms with Crippen molar-refractivity contribution in [2.75, 3.05) is 41.8 Å². The Hall–Kier alpha value is -3.97. The summed E-state index contributed by atoms with van der Waals surface area (Å²) in [4.78, 5) is 23.6. The van der Waals surface area contributed by atoms with Crippen LogP contribution in [0.3, 0.4) is 0 Å². The topological polar surface area (TPSA) is 79.4 Å². The molecule has 2 aromatic carbocycles. The summed E-state index contributed by atoms with van der Waals surface area (Å²) in [5.74, 6) is 0.464. The van der Waals surface area contributed by atoms with Crippen LogP contribution in [-0.4, -0.2) is 42.2 Å². The van der Waals surface area contributed by atoms with E-state index in [1.807, 2.05) is 60.7 Å². The van der Waals surface area contributed by atoms with Gasteiger partial charge in [0.2, 0.25) is 5.95 Å². The van der Waals surface area contributed by atoms with Gasteiger partial charge in [0.1, 0.15) is 0 Å². The fraction of sp³-hybridized carbons (Fsp3) is 0.192. The summed E-state index contributed by atoms with van der Waals surface area (Å²) in [6.45, 7) is 3.36. The Morgan fingerprint density at radius 3 is 2.42 bits per heavy atom. The van der Waals surface area contributed by atoms with Crippen LogP contribution in [0.25, 0.3) is 11.3 Å². The van der Waals surface area contributed by atoms with Gasteiger partial charge < -0.3 is 20.3 Å². The zero-order chi connectivity index (χ0) is 22.5. The molecule has 33 heavy (non-hydrogen) atoms. The third-order valence-corrected chi connectivity index (χ3v) is 5.66. The fourth-order valence-corrected chi connectivity index (χ4v) is 3.84. The highest BCUT2D eigenvalue weighted by molar-refractivity contribution is 6.04. The molecule has 0 radical (unpaired) electrons. The molecule has 1 aliphatic heterocycles. The van der Waals surface area contributed by atoms with E-state index in [4.69, 9.17) is 4.74 Å². The molecule has 3 aromatic rings. The molecule has 2 heterocycles. The van der Waals surface area contributed by atoms with Crippen molar-refractivity contribution in [3.05, 3.63) is 84.6 Å². The Morgan fingerprint density at radius 1 is 0.939 bits per heavy atom. The number of nitrogens with zero attached hydrogens (tertiary/aromatic N) is 3. The smallest absolute Gasteiger partial charge is 0.251 e. The standard InChI is InChI=1S/C26H25N5O2/c32-25(20-3-1-2-4-20)28-21-7-5-19(6-8-21)24-13-14-27-26(30-24)29-22-9-11-23(12-10-22)31-15-17-33-18-16-31/h1-3,5-14H,4,15-18H2,(H,28,32)(H,27,29,30). The molecule has 1 aromatic heterocycles. The van der Waals surface area contributed by atoms with E-state index in [0.29, 0.717) is 12.4 Å². The summed E-state index contributed by atoms with van der Waals surface area (Å²) in [6, 6.07) is 17.8. The molecule has 7 heteroatoms. The molecule has 0 bridgehead atoms. The molecule has 166 valence electrons. The van der Waals surface area contributed by atoms with E-state index in [-0.39, 0.29) is 5.91 Å². The Kier molecular flexibility index (Phi) is 6.12. The van der Waals surface area contributed by atoms with Gasteiger partial charge in [-0.15, -0.1) is 0 Å². The lowest BCUT2D eigenvalue weighted by molar-refractivity contribution is -0.112. The molecule has 5 rings (SSSR count). The summed E-state index contributed by atoms with van der Waals surface area (Å²) >= 11 is 0. The van der Waals surface area contributed by atoms with Gasteiger partial charge in [0.25, 0.3) is 5.91 Å². The number of ether oxygens (including phenoxy) is 1. The molecule has 1 amide bonds. The number of morpholine rings is 1. The molecular formula is C26H25N5O2. The Morgan fingerprint density at radius 2 is 1.70 bits per heavy atom. The van der Waals surface area contributed by atoms with E-state index in [1.165, 1.54) is 5.69 Å².